The fourth-order valence-electron chi connectivity index (χ4n) is 2.77. The van der Waals surface area contributed by atoms with Crippen LogP contribution in [0.2, 0.25) is 0 Å². The number of nitrogens with zero attached hydrogens (tertiary/aromatic N) is 4. The lowest BCUT2D eigenvalue weighted by atomic mass is 10.1. The van der Waals surface area contributed by atoms with E-state index in [9.17, 15) is 9.18 Å². The molecule has 2 heterocycles. The number of carbonyl (C=O) groups excluding carboxylic acids is 1. The SMILES string of the molecule is N#Cc1ccccc1NC(=O)c1cccn2c(-c3ccc(F)cc3)nnc12. The molecule has 0 spiro atoms. The lowest BCUT2D eigenvalue weighted by Crippen LogP contribution is -2.14. The van der Waals surface area contributed by atoms with Gasteiger partial charge in [0.05, 0.1) is 16.8 Å². The van der Waals surface area contributed by atoms with Crippen molar-refractivity contribution in [3.8, 4) is 17.5 Å². The largest absolute Gasteiger partial charge is 0.321 e. The first-order valence-electron chi connectivity index (χ1n) is 8.07. The Morgan fingerprint density at radius 1 is 1.04 bits per heavy atom. The summed E-state index contributed by atoms with van der Waals surface area (Å²) < 4.78 is 14.8. The van der Waals surface area contributed by atoms with Crippen LogP contribution in [0.4, 0.5) is 10.1 Å². The highest BCUT2D eigenvalue weighted by Gasteiger charge is 2.17. The summed E-state index contributed by atoms with van der Waals surface area (Å²) in [5, 5.41) is 20.2. The van der Waals surface area contributed by atoms with Crippen molar-refractivity contribution in [2.75, 3.05) is 5.32 Å². The van der Waals surface area contributed by atoms with Crippen molar-refractivity contribution in [3.05, 3.63) is 83.8 Å². The number of aromatic nitrogens is 3. The molecule has 130 valence electrons. The zero-order chi connectivity index (χ0) is 18.8. The summed E-state index contributed by atoms with van der Waals surface area (Å²) >= 11 is 0. The van der Waals surface area contributed by atoms with Gasteiger partial charge in [-0.1, -0.05) is 12.1 Å². The molecule has 0 radical (unpaired) electrons. The van der Waals surface area contributed by atoms with Gasteiger partial charge >= 0.3 is 0 Å². The van der Waals surface area contributed by atoms with Crippen LogP contribution < -0.4 is 5.32 Å². The molecular weight excluding hydrogens is 345 g/mol. The van der Waals surface area contributed by atoms with Gasteiger partial charge in [-0.15, -0.1) is 10.2 Å². The molecule has 2 aromatic carbocycles. The van der Waals surface area contributed by atoms with Crippen LogP contribution in [-0.4, -0.2) is 20.5 Å². The van der Waals surface area contributed by atoms with Crippen molar-refractivity contribution in [2.45, 2.75) is 0 Å². The Morgan fingerprint density at radius 2 is 1.81 bits per heavy atom. The number of pyridine rings is 1. The van der Waals surface area contributed by atoms with E-state index >= 15 is 0 Å². The second-order valence-corrected chi connectivity index (χ2v) is 5.76. The molecule has 6 nitrogen and oxygen atoms in total. The minimum atomic E-state index is -0.402. The van der Waals surface area contributed by atoms with Gasteiger partial charge < -0.3 is 5.32 Å². The number of anilines is 1. The number of para-hydroxylation sites is 1. The minimum Gasteiger partial charge on any atom is -0.321 e. The molecule has 0 aliphatic carbocycles. The van der Waals surface area contributed by atoms with Crippen LogP contribution in [-0.2, 0) is 0 Å². The number of rotatable bonds is 3. The Bertz CT molecular complexity index is 1190. The fraction of sp³-hybridized carbons (Fsp3) is 0. The molecule has 0 bridgehead atoms. The van der Waals surface area contributed by atoms with Gasteiger partial charge in [0.15, 0.2) is 11.5 Å². The van der Waals surface area contributed by atoms with Crippen LogP contribution >= 0.6 is 0 Å². The Morgan fingerprint density at radius 3 is 2.59 bits per heavy atom. The first-order valence-corrected chi connectivity index (χ1v) is 8.07. The maximum absolute atomic E-state index is 13.2. The highest BCUT2D eigenvalue weighted by atomic mass is 19.1. The Balaban J connectivity index is 1.74. The fourth-order valence-corrected chi connectivity index (χ4v) is 2.77. The number of hydrogen-bond acceptors (Lipinski definition) is 4. The third-order valence-electron chi connectivity index (χ3n) is 4.08. The Hall–Kier alpha value is -4.05. The van der Waals surface area contributed by atoms with E-state index in [1.165, 1.54) is 12.1 Å². The molecular formula is C20H12FN5O. The quantitative estimate of drug-likeness (QED) is 0.606. The Kier molecular flexibility index (Phi) is 4.07. The highest BCUT2D eigenvalue weighted by Crippen LogP contribution is 2.21. The van der Waals surface area contributed by atoms with Crippen molar-refractivity contribution < 1.29 is 9.18 Å². The summed E-state index contributed by atoms with van der Waals surface area (Å²) in [6, 6.07) is 18.0. The second kappa shape index (κ2) is 6.69. The third kappa shape index (κ3) is 3.00. The number of nitrogens with one attached hydrogen (secondary N) is 1. The standard InChI is InChI=1S/C20H12FN5O/c21-15-9-7-13(8-10-15)18-24-25-19-16(5-3-11-26(18)19)20(27)23-17-6-2-1-4-14(17)12-22/h1-11H,(H,23,27). The van der Waals surface area contributed by atoms with Gasteiger partial charge in [-0.05, 0) is 48.5 Å². The molecule has 1 N–H and O–H groups in total. The molecule has 0 atom stereocenters. The van der Waals surface area contributed by atoms with Crippen molar-refractivity contribution >= 4 is 17.2 Å². The number of fused-ring (bicyclic) bond motifs is 1. The minimum absolute atomic E-state index is 0.311. The normalized spacial score (nSPS) is 10.5. The van der Waals surface area contributed by atoms with Crippen LogP contribution in [0.3, 0.4) is 0 Å². The molecule has 27 heavy (non-hydrogen) atoms. The van der Waals surface area contributed by atoms with Crippen LogP contribution in [0.25, 0.3) is 17.0 Å². The second-order valence-electron chi connectivity index (χ2n) is 5.76. The monoisotopic (exact) mass is 357 g/mol. The van der Waals surface area contributed by atoms with Gasteiger partial charge in [0, 0.05) is 11.8 Å². The summed E-state index contributed by atoms with van der Waals surface area (Å²) in [5.41, 5.74) is 2.14. The topological polar surface area (TPSA) is 83.1 Å². The van der Waals surface area contributed by atoms with Crippen molar-refractivity contribution in [1.29, 1.82) is 5.26 Å². The van der Waals surface area contributed by atoms with E-state index in [1.54, 1.807) is 59.1 Å². The molecule has 0 unspecified atom stereocenters. The van der Waals surface area contributed by atoms with Gasteiger partial charge in [0.25, 0.3) is 5.91 Å². The highest BCUT2D eigenvalue weighted by molar-refractivity contribution is 6.08. The van der Waals surface area contributed by atoms with Gasteiger partial charge in [0.1, 0.15) is 11.9 Å². The van der Waals surface area contributed by atoms with Crippen LogP contribution in [0, 0.1) is 17.1 Å². The first-order chi connectivity index (χ1) is 13.2. The summed E-state index contributed by atoms with van der Waals surface area (Å²) in [5.74, 6) is -0.248. The number of carbonyl (C=O) groups is 1. The van der Waals surface area contributed by atoms with Gasteiger partial charge in [0.2, 0.25) is 0 Å². The van der Waals surface area contributed by atoms with E-state index in [2.05, 4.69) is 15.5 Å². The number of amides is 1. The summed E-state index contributed by atoms with van der Waals surface area (Å²) in [7, 11) is 0. The third-order valence-corrected chi connectivity index (χ3v) is 4.08. The van der Waals surface area contributed by atoms with E-state index in [-0.39, 0.29) is 5.82 Å². The lowest BCUT2D eigenvalue weighted by Gasteiger charge is -2.08. The van der Waals surface area contributed by atoms with E-state index in [0.717, 1.165) is 0 Å². The first kappa shape index (κ1) is 16.4. The van der Waals surface area contributed by atoms with E-state index in [0.29, 0.717) is 33.8 Å². The lowest BCUT2D eigenvalue weighted by molar-refractivity contribution is 0.102. The molecule has 4 aromatic rings. The molecule has 1 amide bonds. The predicted molar refractivity (Wildman–Crippen MR) is 97.5 cm³/mol. The molecule has 7 heteroatoms. The van der Waals surface area contributed by atoms with E-state index < -0.39 is 5.91 Å². The maximum Gasteiger partial charge on any atom is 0.259 e. The van der Waals surface area contributed by atoms with Gasteiger partial charge in [-0.25, -0.2) is 4.39 Å². The van der Waals surface area contributed by atoms with Gasteiger partial charge in [-0.2, -0.15) is 5.26 Å². The number of halogens is 1. The van der Waals surface area contributed by atoms with Gasteiger partial charge in [-0.3, -0.25) is 9.20 Å². The number of hydrogen-bond donors (Lipinski definition) is 1. The number of benzene rings is 2. The maximum atomic E-state index is 13.2. The molecule has 0 fully saturated rings. The zero-order valence-electron chi connectivity index (χ0n) is 13.9. The molecule has 0 saturated heterocycles. The van der Waals surface area contributed by atoms with E-state index in [1.807, 2.05) is 6.07 Å². The van der Waals surface area contributed by atoms with Crippen molar-refractivity contribution in [1.82, 2.24) is 14.6 Å². The molecule has 0 aliphatic heterocycles. The Labute approximate surface area is 153 Å². The summed E-state index contributed by atoms with van der Waals surface area (Å²) in [4.78, 5) is 12.7. The van der Waals surface area contributed by atoms with Crippen molar-refractivity contribution in [3.63, 3.8) is 0 Å². The number of nitriles is 1. The van der Waals surface area contributed by atoms with Crippen LogP contribution in [0.5, 0.6) is 0 Å². The summed E-state index contributed by atoms with van der Waals surface area (Å²) in [6.07, 6.45) is 1.73. The molecule has 4 rings (SSSR count). The molecule has 2 aromatic heterocycles. The predicted octanol–water partition coefficient (Wildman–Crippen LogP) is 3.66. The van der Waals surface area contributed by atoms with Crippen LogP contribution in [0.15, 0.2) is 66.9 Å². The van der Waals surface area contributed by atoms with Crippen LogP contribution in [0.1, 0.15) is 15.9 Å². The smallest absolute Gasteiger partial charge is 0.259 e. The average Bonchev–Trinajstić information content (AvgIpc) is 3.13. The van der Waals surface area contributed by atoms with E-state index in [4.69, 9.17) is 5.26 Å². The molecule has 0 aliphatic rings. The zero-order valence-corrected chi connectivity index (χ0v) is 13.9. The average molecular weight is 357 g/mol. The summed E-state index contributed by atoms with van der Waals surface area (Å²) in [6.45, 7) is 0. The van der Waals surface area contributed by atoms with Crippen molar-refractivity contribution in [2.24, 2.45) is 0 Å². The molecule has 0 saturated carbocycles.